The zero-order valence-electron chi connectivity index (χ0n) is 19.5. The Kier molecular flexibility index (Phi) is 6.81. The molecular formula is C28H32FPSi2. The van der Waals surface area contributed by atoms with Crippen LogP contribution in [0, 0.1) is 0 Å². The predicted molar refractivity (Wildman–Crippen MR) is 148 cm³/mol. The van der Waals surface area contributed by atoms with Crippen LogP contribution in [-0.4, -0.2) is 27.8 Å². The van der Waals surface area contributed by atoms with Crippen LogP contribution in [0.5, 0.6) is 0 Å². The van der Waals surface area contributed by atoms with Gasteiger partial charge in [0, 0.05) is 0 Å². The highest BCUT2D eigenvalue weighted by Crippen LogP contribution is 2.36. The Morgan fingerprint density at radius 2 is 1.16 bits per heavy atom. The quantitative estimate of drug-likeness (QED) is 0.183. The fraction of sp³-hybridized carbons (Fsp3) is 0.214. The molecule has 4 rings (SSSR count). The number of rotatable bonds is 7. The van der Waals surface area contributed by atoms with Gasteiger partial charge in [-0.2, -0.15) is 0 Å². The topological polar surface area (TPSA) is 0 Å². The summed E-state index contributed by atoms with van der Waals surface area (Å²) in [7, 11) is -6.41. The lowest BCUT2D eigenvalue weighted by atomic mass is 10.1. The molecule has 32 heavy (non-hydrogen) atoms. The summed E-state index contributed by atoms with van der Waals surface area (Å²) in [5.74, 6) is 0. The van der Waals surface area contributed by atoms with Crippen molar-refractivity contribution in [3.05, 3.63) is 97.1 Å². The van der Waals surface area contributed by atoms with Gasteiger partial charge in [0.05, 0.1) is 0 Å². The van der Waals surface area contributed by atoms with Gasteiger partial charge in [0.2, 0.25) is 0 Å². The van der Waals surface area contributed by atoms with E-state index in [1.165, 1.54) is 26.5 Å². The molecule has 0 unspecified atom stereocenters. The van der Waals surface area contributed by atoms with Gasteiger partial charge in [-0.25, -0.2) is 0 Å². The van der Waals surface area contributed by atoms with Crippen LogP contribution < -0.4 is 20.9 Å². The van der Waals surface area contributed by atoms with E-state index in [-0.39, 0.29) is 7.92 Å². The highest BCUT2D eigenvalue weighted by atomic mass is 31.1. The Bertz CT molecular complexity index is 1140. The van der Waals surface area contributed by atoms with Crippen molar-refractivity contribution < 1.29 is 4.11 Å². The molecule has 0 aliphatic carbocycles. The van der Waals surface area contributed by atoms with E-state index in [4.69, 9.17) is 0 Å². The Labute approximate surface area is 195 Å². The standard InChI is InChI=1S/C28H32FPSi2/c1-5-30(6-2)26-21-13-15-23-16-14-22-27(28(23)26)32(4,29)31(3,24-17-9-7-10-18-24)25-19-11-8-12-20-25/h7-22H,5-6H2,1-4H3/t32-/m0/s1. The number of hydrogen-bond donors (Lipinski definition) is 0. The summed E-state index contributed by atoms with van der Waals surface area (Å²) in [6.07, 6.45) is 2.27. The van der Waals surface area contributed by atoms with Crippen LogP contribution in [-0.2, 0) is 0 Å². The molecule has 1 atom stereocenters. The van der Waals surface area contributed by atoms with Crippen LogP contribution >= 0.6 is 7.92 Å². The van der Waals surface area contributed by atoms with E-state index >= 15 is 4.11 Å². The molecule has 0 amide bonds. The fourth-order valence-corrected chi connectivity index (χ4v) is 18.5. The van der Waals surface area contributed by atoms with Gasteiger partial charge in [0.1, 0.15) is 7.59 Å². The first-order valence-electron chi connectivity index (χ1n) is 11.5. The van der Waals surface area contributed by atoms with Gasteiger partial charge in [-0.15, -0.1) is 0 Å². The van der Waals surface area contributed by atoms with E-state index in [9.17, 15) is 0 Å². The van der Waals surface area contributed by atoms with Crippen molar-refractivity contribution in [3.8, 4) is 0 Å². The van der Waals surface area contributed by atoms with Gasteiger partial charge >= 0.3 is 0 Å². The third kappa shape index (κ3) is 3.81. The lowest BCUT2D eigenvalue weighted by Gasteiger charge is -2.39. The smallest absolute Gasteiger partial charge is 0.270 e. The Morgan fingerprint density at radius 3 is 1.66 bits per heavy atom. The largest absolute Gasteiger partial charge is 0.311 e. The lowest BCUT2D eigenvalue weighted by Crippen LogP contribution is -2.76. The van der Waals surface area contributed by atoms with Crippen LogP contribution in [0.4, 0.5) is 4.11 Å². The molecule has 4 aromatic carbocycles. The van der Waals surface area contributed by atoms with Crippen molar-refractivity contribution in [2.45, 2.75) is 26.9 Å². The highest BCUT2D eigenvalue weighted by molar-refractivity contribution is 7.66. The van der Waals surface area contributed by atoms with Gasteiger partial charge < -0.3 is 4.11 Å². The molecule has 0 heterocycles. The Hall–Kier alpha value is -2.07. The summed E-state index contributed by atoms with van der Waals surface area (Å²) in [4.78, 5) is 0. The minimum atomic E-state index is -3.43. The van der Waals surface area contributed by atoms with Crippen LogP contribution in [0.3, 0.4) is 0 Å². The second-order valence-electron chi connectivity index (χ2n) is 8.71. The molecule has 0 aliphatic rings. The average molecular weight is 475 g/mol. The van der Waals surface area contributed by atoms with E-state index < -0.39 is 15.5 Å². The van der Waals surface area contributed by atoms with E-state index in [0.29, 0.717) is 0 Å². The summed E-state index contributed by atoms with van der Waals surface area (Å²) in [5, 5.41) is 7.13. The summed E-state index contributed by atoms with van der Waals surface area (Å²) < 4.78 is 17.8. The molecule has 0 aromatic heterocycles. The summed E-state index contributed by atoms with van der Waals surface area (Å²) in [6.45, 7) is 8.78. The van der Waals surface area contributed by atoms with Crippen molar-refractivity contribution in [1.82, 2.24) is 0 Å². The molecule has 0 N–H and O–H groups in total. The minimum Gasteiger partial charge on any atom is -0.311 e. The zero-order chi connectivity index (χ0) is 22.8. The van der Waals surface area contributed by atoms with Crippen LogP contribution in [0.2, 0.25) is 13.1 Å². The molecule has 0 spiro atoms. The summed E-state index contributed by atoms with van der Waals surface area (Å²) >= 11 is 0. The monoisotopic (exact) mass is 474 g/mol. The predicted octanol–water partition coefficient (Wildman–Crippen LogP) is 5.71. The van der Waals surface area contributed by atoms with Gasteiger partial charge in [-0.05, 0) is 40.1 Å². The number of hydrogen-bond acceptors (Lipinski definition) is 0. The normalized spacial score (nSPS) is 13.9. The molecule has 4 heteroatoms. The SMILES string of the molecule is CCP(CC)c1cccc2cccc([Si@@](C)(F)[Si](C)(c3ccccc3)c3ccccc3)c12. The van der Waals surface area contributed by atoms with E-state index in [2.05, 4.69) is 105 Å². The molecule has 4 aromatic rings. The third-order valence-corrected chi connectivity index (χ3v) is 24.2. The Balaban J connectivity index is 2.05. The number of benzene rings is 4. The van der Waals surface area contributed by atoms with Gasteiger partial charge in [-0.3, -0.25) is 0 Å². The molecule has 0 saturated carbocycles. The summed E-state index contributed by atoms with van der Waals surface area (Å²) in [6, 6.07) is 33.9. The van der Waals surface area contributed by atoms with Crippen LogP contribution in [0.1, 0.15) is 13.8 Å². The molecular weight excluding hydrogens is 442 g/mol. The van der Waals surface area contributed by atoms with Crippen molar-refractivity contribution >= 4 is 55.1 Å². The molecule has 0 saturated heterocycles. The van der Waals surface area contributed by atoms with Crippen LogP contribution in [0.15, 0.2) is 97.1 Å². The van der Waals surface area contributed by atoms with E-state index in [1.807, 2.05) is 18.7 Å². The molecule has 0 nitrogen and oxygen atoms in total. The van der Waals surface area contributed by atoms with E-state index in [0.717, 1.165) is 17.5 Å². The van der Waals surface area contributed by atoms with E-state index in [1.54, 1.807) is 0 Å². The number of fused-ring (bicyclic) bond motifs is 1. The van der Waals surface area contributed by atoms with Crippen LogP contribution in [0.25, 0.3) is 10.8 Å². The summed E-state index contributed by atoms with van der Waals surface area (Å²) in [5.41, 5.74) is 0. The van der Waals surface area contributed by atoms with Gasteiger partial charge in [-0.1, -0.05) is 136 Å². The first-order valence-corrected chi connectivity index (χ1v) is 19.1. The first-order chi connectivity index (χ1) is 15.4. The maximum atomic E-state index is 17.8. The van der Waals surface area contributed by atoms with Gasteiger partial charge in [0.25, 0.3) is 7.93 Å². The lowest BCUT2D eigenvalue weighted by molar-refractivity contribution is 0.840. The van der Waals surface area contributed by atoms with Crippen molar-refractivity contribution in [2.75, 3.05) is 12.3 Å². The average Bonchev–Trinajstić information content (AvgIpc) is 2.85. The second-order valence-corrected chi connectivity index (χ2v) is 23.3. The molecule has 164 valence electrons. The molecule has 0 bridgehead atoms. The first kappa shape index (κ1) is 23.1. The van der Waals surface area contributed by atoms with Gasteiger partial charge in [0.15, 0.2) is 0 Å². The molecule has 0 fully saturated rings. The highest BCUT2D eigenvalue weighted by Gasteiger charge is 2.55. The van der Waals surface area contributed by atoms with Crippen molar-refractivity contribution in [3.63, 3.8) is 0 Å². The maximum Gasteiger partial charge on any atom is 0.270 e. The fourth-order valence-electron chi connectivity index (χ4n) is 5.06. The second kappa shape index (κ2) is 9.43. The molecule has 0 aliphatic heterocycles. The number of halogens is 1. The maximum absolute atomic E-state index is 17.8. The molecule has 0 radical (unpaired) electrons. The zero-order valence-corrected chi connectivity index (χ0v) is 22.4. The van der Waals surface area contributed by atoms with Crippen molar-refractivity contribution in [1.29, 1.82) is 0 Å². The minimum absolute atomic E-state index is 0.288. The third-order valence-electron chi connectivity index (χ3n) is 7.13. The Morgan fingerprint density at radius 1 is 0.656 bits per heavy atom. The van der Waals surface area contributed by atoms with Crippen molar-refractivity contribution in [2.24, 2.45) is 0 Å².